The summed E-state index contributed by atoms with van der Waals surface area (Å²) >= 11 is 0. The highest BCUT2D eigenvalue weighted by Gasteiger charge is 2.28. The molecule has 0 radical (unpaired) electrons. The van der Waals surface area contributed by atoms with Crippen LogP contribution in [0.2, 0.25) is 0 Å². The van der Waals surface area contributed by atoms with E-state index in [0.717, 1.165) is 44.2 Å². The molecular weight excluding hydrogens is 460 g/mol. The van der Waals surface area contributed by atoms with Gasteiger partial charge in [-0.3, -0.25) is 10.2 Å². The second-order valence-corrected chi connectivity index (χ2v) is 7.69. The molecule has 2 atom stereocenters. The first-order valence-electron chi connectivity index (χ1n) is 11.3. The number of nitrogens with zero attached hydrogens (tertiary/aromatic N) is 1. The topological polar surface area (TPSA) is 146 Å². The minimum absolute atomic E-state index is 0.0357. The van der Waals surface area contributed by atoms with E-state index in [4.69, 9.17) is 19.0 Å². The average molecular weight is 488 g/mol. The van der Waals surface area contributed by atoms with Crippen molar-refractivity contribution in [1.82, 2.24) is 4.73 Å². The molecule has 35 heavy (non-hydrogen) atoms. The van der Waals surface area contributed by atoms with E-state index in [-0.39, 0.29) is 18.3 Å². The van der Waals surface area contributed by atoms with Crippen molar-refractivity contribution in [2.45, 2.75) is 51.2 Å². The van der Waals surface area contributed by atoms with Gasteiger partial charge >= 0.3 is 18.2 Å². The molecule has 0 spiro atoms. The molecule has 1 aliphatic rings. The Morgan fingerprint density at radius 1 is 1.06 bits per heavy atom. The number of amides is 1. The summed E-state index contributed by atoms with van der Waals surface area (Å²) in [5.41, 5.74) is 0.643. The molecule has 3 N–H and O–H groups in total. The van der Waals surface area contributed by atoms with E-state index in [1.54, 1.807) is 6.92 Å². The molecule has 1 aromatic carbocycles. The molecule has 0 saturated heterocycles. The van der Waals surface area contributed by atoms with E-state index in [1.807, 2.05) is 12.2 Å². The Balaban J connectivity index is 1.64. The van der Waals surface area contributed by atoms with Crippen LogP contribution in [0.15, 0.2) is 48.6 Å². The van der Waals surface area contributed by atoms with Crippen LogP contribution in [0, 0.1) is 0 Å². The molecule has 2 aromatic rings. The number of hydrogen-bond acceptors (Lipinski definition) is 9. The lowest BCUT2D eigenvalue weighted by atomic mass is 10.0. The molecular formula is C24H28N2O9. The summed E-state index contributed by atoms with van der Waals surface area (Å²) in [5, 5.41) is 21.8. The van der Waals surface area contributed by atoms with Gasteiger partial charge in [0.05, 0.1) is 6.61 Å². The lowest BCUT2D eigenvalue weighted by Gasteiger charge is -2.18. The van der Waals surface area contributed by atoms with Crippen LogP contribution in [0.4, 0.5) is 15.3 Å². The Labute approximate surface area is 201 Å². The van der Waals surface area contributed by atoms with Crippen LogP contribution in [-0.2, 0) is 19.0 Å². The summed E-state index contributed by atoms with van der Waals surface area (Å²) in [7, 11) is 0. The van der Waals surface area contributed by atoms with Gasteiger partial charge in [0.15, 0.2) is 0 Å². The number of benzene rings is 1. The highest BCUT2D eigenvalue weighted by atomic mass is 16.8. The second kappa shape index (κ2) is 12.4. The number of ether oxygens (including phenoxy) is 3. The van der Waals surface area contributed by atoms with E-state index < -0.39 is 36.1 Å². The molecule has 1 aliphatic carbocycles. The van der Waals surface area contributed by atoms with E-state index in [1.165, 1.54) is 24.3 Å². The maximum Gasteiger partial charge on any atom is 0.535 e. The fourth-order valence-electron chi connectivity index (χ4n) is 3.41. The van der Waals surface area contributed by atoms with Crippen molar-refractivity contribution in [1.29, 1.82) is 0 Å². The van der Waals surface area contributed by atoms with Gasteiger partial charge in [-0.05, 0) is 50.8 Å². The van der Waals surface area contributed by atoms with Gasteiger partial charge in [-0.1, -0.05) is 24.6 Å². The molecule has 0 fully saturated rings. The van der Waals surface area contributed by atoms with Crippen molar-refractivity contribution in [3.05, 3.63) is 54.1 Å². The minimum Gasteiger partial charge on any atom is -0.492 e. The van der Waals surface area contributed by atoms with Gasteiger partial charge in [-0.25, -0.2) is 14.4 Å². The summed E-state index contributed by atoms with van der Waals surface area (Å²) in [6, 6.07) is 8.13. The second-order valence-electron chi connectivity index (χ2n) is 7.69. The number of allylic oxidation sites excluding steroid dienone is 1. The van der Waals surface area contributed by atoms with Crippen molar-refractivity contribution in [3.8, 4) is 11.8 Å². The smallest absolute Gasteiger partial charge is 0.492 e. The highest BCUT2D eigenvalue weighted by molar-refractivity contribution is 5.85. The minimum atomic E-state index is -1.50. The molecule has 3 rings (SSSR count). The van der Waals surface area contributed by atoms with E-state index in [9.17, 15) is 24.6 Å². The normalized spacial score (nSPS) is 16.3. The van der Waals surface area contributed by atoms with Crippen molar-refractivity contribution in [2.24, 2.45) is 0 Å². The summed E-state index contributed by atoms with van der Waals surface area (Å²) in [5.74, 6) is -1.96. The first kappa shape index (κ1) is 25.5. The number of anilines is 1. The third-order valence-corrected chi connectivity index (χ3v) is 5.11. The zero-order chi connectivity index (χ0) is 25.2. The number of nitrogens with one attached hydrogen (secondary N) is 1. The van der Waals surface area contributed by atoms with E-state index in [0.29, 0.717) is 10.4 Å². The van der Waals surface area contributed by atoms with Gasteiger partial charge in [0.2, 0.25) is 17.9 Å². The first-order valence-corrected chi connectivity index (χ1v) is 11.3. The van der Waals surface area contributed by atoms with Crippen LogP contribution in [0.25, 0.3) is 0 Å². The first-order chi connectivity index (χ1) is 16.9. The van der Waals surface area contributed by atoms with Gasteiger partial charge in [-0.2, -0.15) is 0 Å². The summed E-state index contributed by atoms with van der Waals surface area (Å²) < 4.78 is 15.9. The Morgan fingerprint density at radius 2 is 1.77 bits per heavy atom. The monoisotopic (exact) mass is 488 g/mol. The zero-order valence-electron chi connectivity index (χ0n) is 19.2. The highest BCUT2D eigenvalue weighted by Crippen LogP contribution is 2.24. The lowest BCUT2D eigenvalue weighted by Crippen LogP contribution is -2.27. The average Bonchev–Trinajstić information content (AvgIpc) is 3.12. The fourth-order valence-corrected chi connectivity index (χ4v) is 3.41. The van der Waals surface area contributed by atoms with Crippen LogP contribution in [-0.4, -0.2) is 45.9 Å². The van der Waals surface area contributed by atoms with Crippen LogP contribution in [0.5, 0.6) is 11.8 Å². The molecule has 2 unspecified atom stereocenters. The standard InChI is InChI=1S/C24H28N2O9/c1-2-32-22(29)21(34-24(31)35-26-19(27)14-15-20(26)28)16-10-12-17(13-11-16)25-23(30)33-18-8-6-4-3-5-7-9-18/h6,8,10-15,18,21,27-28H,2-5,7,9H2,1H3,(H,25,30). The van der Waals surface area contributed by atoms with Crippen LogP contribution >= 0.6 is 0 Å². The molecule has 1 aromatic heterocycles. The lowest BCUT2D eigenvalue weighted by molar-refractivity contribution is -0.155. The van der Waals surface area contributed by atoms with Crippen molar-refractivity contribution >= 4 is 23.9 Å². The van der Waals surface area contributed by atoms with Gasteiger partial charge in [-0.15, -0.1) is 4.73 Å². The molecule has 1 amide bonds. The maximum absolute atomic E-state index is 12.4. The molecule has 0 bridgehead atoms. The predicted octanol–water partition coefficient (Wildman–Crippen LogP) is 4.21. The van der Waals surface area contributed by atoms with Crippen molar-refractivity contribution < 1.29 is 43.6 Å². The van der Waals surface area contributed by atoms with Crippen molar-refractivity contribution in [2.75, 3.05) is 11.9 Å². The summed E-state index contributed by atoms with van der Waals surface area (Å²) in [6.45, 7) is 1.63. The number of aromatic nitrogens is 1. The van der Waals surface area contributed by atoms with Crippen LogP contribution in [0.3, 0.4) is 0 Å². The van der Waals surface area contributed by atoms with Crippen LogP contribution < -0.4 is 10.2 Å². The zero-order valence-corrected chi connectivity index (χ0v) is 19.2. The van der Waals surface area contributed by atoms with Gasteiger partial charge in [0, 0.05) is 23.4 Å². The largest absolute Gasteiger partial charge is 0.535 e. The SMILES string of the molecule is CCOC(=O)C(OC(=O)On1c(O)ccc1O)c1ccc(NC(=O)OC2C=CCCCCC2)cc1. The van der Waals surface area contributed by atoms with Gasteiger partial charge in [0.1, 0.15) is 6.10 Å². The Bertz CT molecular complexity index is 1030. The molecule has 11 heteroatoms. The molecule has 11 nitrogen and oxygen atoms in total. The van der Waals surface area contributed by atoms with Gasteiger partial charge < -0.3 is 24.4 Å². The fraction of sp³-hybridized carbons (Fsp3) is 0.375. The summed E-state index contributed by atoms with van der Waals surface area (Å²) in [4.78, 5) is 41.6. The number of aromatic hydroxyl groups is 2. The predicted molar refractivity (Wildman–Crippen MR) is 123 cm³/mol. The number of carbonyl (C=O) groups is 3. The van der Waals surface area contributed by atoms with Gasteiger partial charge in [0.25, 0.3) is 0 Å². The van der Waals surface area contributed by atoms with Crippen LogP contribution in [0.1, 0.15) is 50.7 Å². The quantitative estimate of drug-likeness (QED) is 0.296. The molecule has 188 valence electrons. The number of hydrogen-bond donors (Lipinski definition) is 3. The van der Waals surface area contributed by atoms with E-state index >= 15 is 0 Å². The third-order valence-electron chi connectivity index (χ3n) is 5.11. The Hall–Kier alpha value is -4.15. The molecule has 1 heterocycles. The molecule has 0 aliphatic heterocycles. The Morgan fingerprint density at radius 3 is 2.46 bits per heavy atom. The summed E-state index contributed by atoms with van der Waals surface area (Å²) in [6.07, 6.45) is 5.09. The third kappa shape index (κ3) is 7.42. The van der Waals surface area contributed by atoms with Crippen molar-refractivity contribution in [3.63, 3.8) is 0 Å². The maximum atomic E-state index is 12.4. The molecule has 0 saturated carbocycles. The number of carbonyl (C=O) groups excluding carboxylic acids is 3. The Kier molecular flexibility index (Phi) is 8.99. The number of rotatable bonds is 7. The number of esters is 1. The van der Waals surface area contributed by atoms with E-state index in [2.05, 4.69) is 5.32 Å².